The van der Waals surface area contributed by atoms with Crippen molar-refractivity contribution in [3.63, 3.8) is 0 Å². The molecule has 0 amide bonds. The van der Waals surface area contributed by atoms with Gasteiger partial charge in [-0.3, -0.25) is 0 Å². The number of rotatable bonds is 2. The van der Waals surface area contributed by atoms with Crippen LogP contribution in [0, 0.1) is 0 Å². The van der Waals surface area contributed by atoms with Gasteiger partial charge in [0.2, 0.25) is 0 Å². The molecule has 2 aromatic carbocycles. The Labute approximate surface area is 90.7 Å². The molecule has 0 aliphatic rings. The molecule has 0 heterocycles. The average molecular weight is 292 g/mol. The van der Waals surface area contributed by atoms with E-state index in [0.717, 1.165) is 7.02 Å². The number of hydrogen-bond acceptors (Lipinski definition) is 1. The normalized spacial score (nSPS) is 9.71. The van der Waals surface area contributed by atoms with Crippen LogP contribution in [0.4, 0.5) is 0 Å². The van der Waals surface area contributed by atoms with Crippen LogP contribution < -0.4 is 7.02 Å². The molecule has 0 N–H and O–H groups in total. The zero-order valence-corrected chi connectivity index (χ0v) is 10.2. The van der Waals surface area contributed by atoms with Gasteiger partial charge in [-0.2, -0.15) is 0 Å². The second kappa shape index (κ2) is 4.52. The molecule has 14 heavy (non-hydrogen) atoms. The molecule has 0 aliphatic heterocycles. The zero-order valence-electron chi connectivity index (χ0n) is 7.63. The molecule has 0 saturated carbocycles. The molecule has 69 valence electrons. The van der Waals surface area contributed by atoms with E-state index in [4.69, 9.17) is 0 Å². The predicted molar refractivity (Wildman–Crippen MR) is 58.6 cm³/mol. The molecule has 2 rings (SSSR count). The summed E-state index contributed by atoms with van der Waals surface area (Å²) in [5, 5.41) is 0. The molecule has 0 atom stereocenters. The van der Waals surface area contributed by atoms with Crippen LogP contribution in [0.15, 0.2) is 60.7 Å². The van der Waals surface area contributed by atoms with Crippen LogP contribution in [0.5, 0.6) is 0 Å². The van der Waals surface area contributed by atoms with Gasteiger partial charge < -0.3 is 0 Å². The first kappa shape index (κ1) is 9.61. The van der Waals surface area contributed by atoms with Crippen molar-refractivity contribution in [2.24, 2.45) is 0 Å². The third-order valence-electron chi connectivity index (χ3n) is 1.98. The molecule has 0 aromatic heterocycles. The van der Waals surface area contributed by atoms with Gasteiger partial charge in [0.1, 0.15) is 0 Å². The van der Waals surface area contributed by atoms with Gasteiger partial charge in [-0.15, -0.1) is 0 Å². The van der Waals surface area contributed by atoms with Gasteiger partial charge in [-0.1, -0.05) is 0 Å². The van der Waals surface area contributed by atoms with Crippen LogP contribution in [-0.4, -0.2) is 20.2 Å². The van der Waals surface area contributed by atoms with Gasteiger partial charge in [-0.05, 0) is 0 Å². The van der Waals surface area contributed by atoms with Gasteiger partial charge in [-0.25, -0.2) is 0 Å². The van der Waals surface area contributed by atoms with Crippen molar-refractivity contribution in [3.05, 3.63) is 60.7 Å². The third-order valence-corrected chi connectivity index (χ3v) is 6.36. The summed E-state index contributed by atoms with van der Waals surface area (Å²) in [5.41, 5.74) is 0. The maximum absolute atomic E-state index is 12.1. The van der Waals surface area contributed by atoms with E-state index in [1.807, 2.05) is 60.7 Å². The van der Waals surface area contributed by atoms with Crippen molar-refractivity contribution < 1.29 is 3.02 Å². The van der Waals surface area contributed by atoms with Gasteiger partial charge in [0.15, 0.2) is 0 Å². The Morgan fingerprint density at radius 3 is 1.36 bits per heavy atom. The molecule has 0 unspecified atom stereocenters. The van der Waals surface area contributed by atoms with Crippen molar-refractivity contribution in [2.75, 3.05) is 0 Å². The minimum absolute atomic E-state index is 1.00. The van der Waals surface area contributed by atoms with E-state index < -0.39 is 20.2 Å². The average Bonchev–Trinajstić information content (AvgIpc) is 2.30. The number of benzene rings is 2. The quantitative estimate of drug-likeness (QED) is 0.761. The standard InChI is InChI=1S/2C6H5.O.Sb/c2*1-2-4-6-5-3-1;;/h2*1-5H;;. The molecule has 0 saturated heterocycles. The monoisotopic (exact) mass is 291 g/mol. The van der Waals surface area contributed by atoms with E-state index in [-0.39, 0.29) is 0 Å². The zero-order chi connectivity index (χ0) is 9.80. The second-order valence-electron chi connectivity index (χ2n) is 2.97. The molecule has 1 nitrogen and oxygen atoms in total. The summed E-state index contributed by atoms with van der Waals surface area (Å²) in [6.07, 6.45) is 0. The summed E-state index contributed by atoms with van der Waals surface area (Å²) in [7, 11) is 0. The minimum atomic E-state index is -2.62. The molecule has 0 aliphatic carbocycles. The molecule has 2 heteroatoms. The van der Waals surface area contributed by atoms with Crippen molar-refractivity contribution >= 4 is 27.2 Å². The first-order chi connectivity index (χ1) is 6.88. The molecular weight excluding hydrogens is 282 g/mol. The Bertz CT molecular complexity index is 381. The van der Waals surface area contributed by atoms with Gasteiger partial charge in [0, 0.05) is 0 Å². The Morgan fingerprint density at radius 1 is 0.643 bits per heavy atom. The summed E-state index contributed by atoms with van der Waals surface area (Å²) < 4.78 is 14.1. The molecule has 0 fully saturated rings. The van der Waals surface area contributed by atoms with E-state index >= 15 is 0 Å². The van der Waals surface area contributed by atoms with E-state index in [1.165, 1.54) is 0 Å². The fraction of sp³-hybridized carbons (Fsp3) is 0. The molecule has 0 bridgehead atoms. The summed E-state index contributed by atoms with van der Waals surface area (Å²) in [5.74, 6) is 0. The Morgan fingerprint density at radius 2 is 1.00 bits per heavy atom. The maximum atomic E-state index is 12.1. The summed E-state index contributed by atoms with van der Waals surface area (Å²) in [6, 6.07) is 19.4. The SMILES string of the molecule is [O]=[Sb]([c]1ccccc1)[c]1ccccc1. The molecule has 0 spiro atoms. The molecule has 2 aromatic rings. The van der Waals surface area contributed by atoms with Crippen molar-refractivity contribution in [2.45, 2.75) is 0 Å². The van der Waals surface area contributed by atoms with Gasteiger partial charge >= 0.3 is 90.9 Å². The van der Waals surface area contributed by atoms with Crippen LogP contribution in [0.1, 0.15) is 0 Å². The predicted octanol–water partition coefficient (Wildman–Crippen LogP) is 1.22. The second-order valence-corrected chi connectivity index (χ2v) is 7.59. The van der Waals surface area contributed by atoms with Crippen LogP contribution in [0.3, 0.4) is 0 Å². The van der Waals surface area contributed by atoms with Crippen LogP contribution >= 0.6 is 0 Å². The van der Waals surface area contributed by atoms with Crippen LogP contribution in [0.25, 0.3) is 0 Å². The third kappa shape index (κ3) is 2.10. The van der Waals surface area contributed by atoms with Crippen molar-refractivity contribution in [3.8, 4) is 0 Å². The van der Waals surface area contributed by atoms with E-state index in [0.29, 0.717) is 0 Å². The van der Waals surface area contributed by atoms with E-state index in [2.05, 4.69) is 0 Å². The fourth-order valence-corrected chi connectivity index (χ4v) is 4.66. The van der Waals surface area contributed by atoms with E-state index in [1.54, 1.807) is 0 Å². The first-order valence-corrected chi connectivity index (χ1v) is 8.05. The molecular formula is C12H10OSb. The Hall–Kier alpha value is -0.942. The summed E-state index contributed by atoms with van der Waals surface area (Å²) in [4.78, 5) is 0. The Kier molecular flexibility index (Phi) is 3.10. The van der Waals surface area contributed by atoms with Crippen molar-refractivity contribution in [1.29, 1.82) is 0 Å². The fourth-order valence-electron chi connectivity index (χ4n) is 1.28. The first-order valence-electron chi connectivity index (χ1n) is 4.45. The summed E-state index contributed by atoms with van der Waals surface area (Å²) in [6.45, 7) is 0. The van der Waals surface area contributed by atoms with Crippen LogP contribution in [-0.2, 0) is 3.02 Å². The van der Waals surface area contributed by atoms with Crippen LogP contribution in [0.2, 0.25) is 0 Å². The molecule has 1 radical (unpaired) electrons. The number of hydrogen-bond donors (Lipinski definition) is 0. The Balaban J connectivity index is 2.35. The van der Waals surface area contributed by atoms with Gasteiger partial charge in [0.05, 0.1) is 0 Å². The van der Waals surface area contributed by atoms with Gasteiger partial charge in [0.25, 0.3) is 0 Å². The van der Waals surface area contributed by atoms with Crippen molar-refractivity contribution in [1.82, 2.24) is 0 Å². The summed E-state index contributed by atoms with van der Waals surface area (Å²) >= 11 is -2.62. The topological polar surface area (TPSA) is 17.1 Å². The van der Waals surface area contributed by atoms with E-state index in [9.17, 15) is 3.02 Å².